The molecule has 0 bridgehead atoms. The normalized spacial score (nSPS) is 12.4. The Labute approximate surface area is 197 Å². The molecule has 0 fully saturated rings. The van der Waals surface area contributed by atoms with Crippen LogP contribution in [0.4, 0.5) is 0 Å². The Morgan fingerprint density at radius 3 is 2.70 bits per heavy atom. The number of carbonyl (C=O) groups is 1. The lowest BCUT2D eigenvalue weighted by atomic mass is 10.1. The van der Waals surface area contributed by atoms with E-state index in [2.05, 4.69) is 5.16 Å². The van der Waals surface area contributed by atoms with Crippen molar-refractivity contribution in [3.63, 3.8) is 0 Å². The molecule has 1 heterocycles. The van der Waals surface area contributed by atoms with Crippen molar-refractivity contribution in [3.05, 3.63) is 71.2 Å². The van der Waals surface area contributed by atoms with Gasteiger partial charge in [0.2, 0.25) is 0 Å². The molecular formula is C25H28N2O5S. The Morgan fingerprint density at radius 1 is 1.15 bits per heavy atom. The van der Waals surface area contributed by atoms with Crippen LogP contribution < -0.4 is 4.74 Å². The van der Waals surface area contributed by atoms with Gasteiger partial charge in [0.05, 0.1) is 0 Å². The van der Waals surface area contributed by atoms with Crippen LogP contribution in [-0.4, -0.2) is 47.7 Å². The summed E-state index contributed by atoms with van der Waals surface area (Å²) in [6, 6.07) is 17.3. The molecule has 0 aliphatic rings. The average Bonchev–Trinajstić information content (AvgIpc) is 3.32. The lowest BCUT2D eigenvalue weighted by Crippen LogP contribution is -2.26. The maximum Gasteiger partial charge on any atom is 0.333 e. The fourth-order valence-electron chi connectivity index (χ4n) is 3.03. The highest BCUT2D eigenvalue weighted by molar-refractivity contribution is 7.13. The van der Waals surface area contributed by atoms with E-state index in [1.165, 1.54) is 11.3 Å². The predicted molar refractivity (Wildman–Crippen MR) is 129 cm³/mol. The first-order valence-electron chi connectivity index (χ1n) is 10.9. The van der Waals surface area contributed by atoms with E-state index < -0.39 is 12.1 Å². The third-order valence-corrected chi connectivity index (χ3v) is 5.52. The summed E-state index contributed by atoms with van der Waals surface area (Å²) in [5.41, 5.74) is 3.14. The molecule has 7 nitrogen and oxygen atoms in total. The summed E-state index contributed by atoms with van der Waals surface area (Å²) in [7, 11) is 0. The van der Waals surface area contributed by atoms with E-state index in [1.807, 2.05) is 66.9 Å². The smallest absolute Gasteiger partial charge is 0.333 e. The standard InChI is InChI=1S/C25H28N2O5S/c1-3-13-32-27-21(22-17-33-24(26-22)19-10-6-5-7-11-19)16-31-20-12-8-9-18(14-20)15-23(25(28)29)30-4-2/h5-12,14,17,23H,3-4,13,15-16H2,1-2H3,(H,28,29). The van der Waals surface area contributed by atoms with Crippen molar-refractivity contribution in [1.82, 2.24) is 4.98 Å². The van der Waals surface area contributed by atoms with E-state index in [4.69, 9.17) is 19.3 Å². The van der Waals surface area contributed by atoms with Crippen LogP contribution in [0.5, 0.6) is 5.75 Å². The molecule has 1 atom stereocenters. The second-order valence-corrected chi connectivity index (χ2v) is 8.06. The van der Waals surface area contributed by atoms with Gasteiger partial charge in [0.15, 0.2) is 6.10 Å². The molecule has 0 aliphatic carbocycles. The fraction of sp³-hybridized carbons (Fsp3) is 0.320. The van der Waals surface area contributed by atoms with Crippen LogP contribution >= 0.6 is 11.3 Å². The van der Waals surface area contributed by atoms with E-state index in [1.54, 1.807) is 6.92 Å². The Morgan fingerprint density at radius 2 is 1.97 bits per heavy atom. The largest absolute Gasteiger partial charge is 0.487 e. The maximum atomic E-state index is 11.4. The van der Waals surface area contributed by atoms with Gasteiger partial charge in [0.25, 0.3) is 0 Å². The van der Waals surface area contributed by atoms with Crippen LogP contribution in [0.3, 0.4) is 0 Å². The molecule has 0 amide bonds. The van der Waals surface area contributed by atoms with Gasteiger partial charge in [0.1, 0.15) is 35.4 Å². The molecule has 174 valence electrons. The number of hydrogen-bond donors (Lipinski definition) is 1. The van der Waals surface area contributed by atoms with Gasteiger partial charge in [-0.2, -0.15) is 0 Å². The number of thiazole rings is 1. The molecule has 8 heteroatoms. The Bertz CT molecular complexity index is 1050. The summed E-state index contributed by atoms with van der Waals surface area (Å²) in [6.07, 6.45) is 0.209. The van der Waals surface area contributed by atoms with Gasteiger partial charge in [-0.3, -0.25) is 0 Å². The molecule has 3 rings (SSSR count). The van der Waals surface area contributed by atoms with Gasteiger partial charge < -0.3 is 19.4 Å². The van der Waals surface area contributed by atoms with Crippen molar-refractivity contribution >= 4 is 23.0 Å². The number of hydrogen-bond acceptors (Lipinski definition) is 7. The molecule has 0 aliphatic heterocycles. The molecule has 3 aromatic rings. The molecule has 2 aromatic carbocycles. The highest BCUT2D eigenvalue weighted by Crippen LogP contribution is 2.24. The fourth-order valence-corrected chi connectivity index (χ4v) is 3.86. The second kappa shape index (κ2) is 12.7. The van der Waals surface area contributed by atoms with Gasteiger partial charge in [-0.1, -0.05) is 54.5 Å². The number of aromatic nitrogens is 1. The van der Waals surface area contributed by atoms with Crippen LogP contribution in [0.1, 0.15) is 31.5 Å². The lowest BCUT2D eigenvalue weighted by molar-refractivity contribution is -0.149. The topological polar surface area (TPSA) is 90.2 Å². The average molecular weight is 469 g/mol. The number of oxime groups is 1. The van der Waals surface area contributed by atoms with Crippen LogP contribution in [0.25, 0.3) is 10.6 Å². The first-order chi connectivity index (χ1) is 16.1. The van der Waals surface area contributed by atoms with E-state index in [9.17, 15) is 9.90 Å². The number of aliphatic carboxylic acids is 1. The molecule has 33 heavy (non-hydrogen) atoms. The summed E-state index contributed by atoms with van der Waals surface area (Å²) in [5.74, 6) is -0.377. The Kier molecular flexibility index (Phi) is 9.41. The molecule has 1 N–H and O–H groups in total. The minimum absolute atomic E-state index is 0.166. The molecule has 1 unspecified atom stereocenters. The minimum atomic E-state index is -0.983. The van der Waals surface area contributed by atoms with Crippen molar-refractivity contribution in [2.24, 2.45) is 5.16 Å². The quantitative estimate of drug-likeness (QED) is 0.214. The van der Waals surface area contributed by atoms with Crippen LogP contribution in [0.15, 0.2) is 65.1 Å². The molecule has 1 aromatic heterocycles. The number of nitrogens with zero attached hydrogens (tertiary/aromatic N) is 2. The number of ether oxygens (including phenoxy) is 2. The van der Waals surface area contributed by atoms with Crippen LogP contribution in [0, 0.1) is 0 Å². The monoisotopic (exact) mass is 468 g/mol. The summed E-state index contributed by atoms with van der Waals surface area (Å²) < 4.78 is 11.3. The third kappa shape index (κ3) is 7.40. The van der Waals surface area contributed by atoms with Gasteiger partial charge in [-0.15, -0.1) is 11.3 Å². The summed E-state index contributed by atoms with van der Waals surface area (Å²) in [6.45, 7) is 4.80. The van der Waals surface area contributed by atoms with Crippen molar-refractivity contribution in [2.45, 2.75) is 32.8 Å². The van der Waals surface area contributed by atoms with E-state index in [-0.39, 0.29) is 13.0 Å². The zero-order valence-corrected chi connectivity index (χ0v) is 19.6. The second-order valence-electron chi connectivity index (χ2n) is 7.20. The number of carboxylic acid groups (broad SMARTS) is 1. The molecule has 0 spiro atoms. The van der Waals surface area contributed by atoms with E-state index in [0.29, 0.717) is 30.4 Å². The summed E-state index contributed by atoms with van der Waals surface area (Å²) in [5, 5.41) is 16.4. The van der Waals surface area contributed by atoms with Gasteiger partial charge in [-0.05, 0) is 31.0 Å². The van der Waals surface area contributed by atoms with Crippen LogP contribution in [-0.2, 0) is 20.8 Å². The summed E-state index contributed by atoms with van der Waals surface area (Å²) >= 11 is 1.54. The first kappa shape index (κ1) is 24.4. The highest BCUT2D eigenvalue weighted by Gasteiger charge is 2.18. The molecular weight excluding hydrogens is 440 g/mol. The molecule has 0 saturated heterocycles. The van der Waals surface area contributed by atoms with Crippen LogP contribution in [0.2, 0.25) is 0 Å². The maximum absolute atomic E-state index is 11.4. The molecule has 0 radical (unpaired) electrons. The first-order valence-corrected chi connectivity index (χ1v) is 11.7. The zero-order valence-electron chi connectivity index (χ0n) is 18.8. The van der Waals surface area contributed by atoms with Crippen molar-refractivity contribution < 1.29 is 24.2 Å². The number of benzene rings is 2. The zero-order chi connectivity index (χ0) is 23.5. The van der Waals surface area contributed by atoms with Crippen molar-refractivity contribution in [1.29, 1.82) is 0 Å². The Balaban J connectivity index is 1.72. The van der Waals surface area contributed by atoms with Gasteiger partial charge in [0, 0.05) is 24.0 Å². The van der Waals surface area contributed by atoms with Crippen molar-refractivity contribution in [3.8, 4) is 16.3 Å². The SMILES string of the molecule is CCCON=C(COc1cccc(CC(OCC)C(=O)O)c1)c1csc(-c2ccccc2)n1. The number of carboxylic acids is 1. The van der Waals surface area contributed by atoms with Gasteiger partial charge in [-0.25, -0.2) is 9.78 Å². The highest BCUT2D eigenvalue weighted by atomic mass is 32.1. The Hall–Kier alpha value is -3.23. The molecule has 0 saturated carbocycles. The van der Waals surface area contributed by atoms with E-state index >= 15 is 0 Å². The van der Waals surface area contributed by atoms with Crippen molar-refractivity contribution in [2.75, 3.05) is 19.8 Å². The van der Waals surface area contributed by atoms with Gasteiger partial charge >= 0.3 is 5.97 Å². The third-order valence-electron chi connectivity index (χ3n) is 4.63. The minimum Gasteiger partial charge on any atom is -0.487 e. The van der Waals surface area contributed by atoms with E-state index in [0.717, 1.165) is 22.6 Å². The number of rotatable bonds is 13. The lowest BCUT2D eigenvalue weighted by Gasteiger charge is -2.13. The summed E-state index contributed by atoms with van der Waals surface area (Å²) in [4.78, 5) is 21.5. The predicted octanol–water partition coefficient (Wildman–Crippen LogP) is 5.05.